The number of methoxy groups -OCH3 is 1. The van der Waals surface area contributed by atoms with E-state index >= 15 is 0 Å². The molecule has 5 atom stereocenters. The Bertz CT molecular complexity index is 1320. The van der Waals surface area contributed by atoms with Crippen molar-refractivity contribution in [3.63, 3.8) is 0 Å². The van der Waals surface area contributed by atoms with Gasteiger partial charge in [0.15, 0.2) is 28.6 Å². The monoisotopic (exact) mass is 494 g/mol. The molecule has 3 aromatic rings. The molecule has 4 rings (SSSR count). The van der Waals surface area contributed by atoms with Crippen molar-refractivity contribution in [2.24, 2.45) is 0 Å². The van der Waals surface area contributed by atoms with Crippen LogP contribution in [0.2, 0.25) is 0 Å². The lowest BCUT2D eigenvalue weighted by molar-refractivity contribution is -0.277. The number of benzene rings is 2. The minimum atomic E-state index is -1.88. The third-order valence-corrected chi connectivity index (χ3v) is 5.56. The van der Waals surface area contributed by atoms with E-state index in [0.29, 0.717) is 0 Å². The fraction of sp³-hybridized carbons (Fsp3) is 0.318. The van der Waals surface area contributed by atoms with Crippen molar-refractivity contribution in [1.82, 2.24) is 0 Å². The fourth-order valence-electron chi connectivity index (χ4n) is 3.74. The van der Waals surface area contributed by atoms with Gasteiger partial charge in [0.2, 0.25) is 23.2 Å². The first kappa shape index (κ1) is 24.4. The number of hydrogen-bond donors (Lipinski definition) is 8. The summed E-state index contributed by atoms with van der Waals surface area (Å²) in [5.41, 5.74) is -1.44. The molecule has 1 fully saturated rings. The van der Waals surface area contributed by atoms with Crippen molar-refractivity contribution in [3.8, 4) is 45.8 Å². The molecule has 35 heavy (non-hydrogen) atoms. The van der Waals surface area contributed by atoms with Gasteiger partial charge in [0.1, 0.15) is 35.6 Å². The molecular formula is C22H22O13. The minimum Gasteiger partial charge on any atom is -0.507 e. The molecule has 1 aliphatic heterocycles. The molecule has 0 bridgehead atoms. The molecule has 8 N–H and O–H groups in total. The highest BCUT2D eigenvalue weighted by Gasteiger charge is 2.45. The van der Waals surface area contributed by atoms with Gasteiger partial charge in [-0.05, 0) is 18.2 Å². The Balaban J connectivity index is 1.97. The van der Waals surface area contributed by atoms with Crippen LogP contribution in [-0.4, -0.2) is 85.3 Å². The SMILES string of the molecule is COc1c(O)cc(O)c2c(=O)c(O[C@@H]3O[C@H](CO)[C@H](O)[C@@H](O)[C@H]3O)c(-c3ccc(O)c(O)c3)oc12. The summed E-state index contributed by atoms with van der Waals surface area (Å²) < 4.78 is 21.7. The van der Waals surface area contributed by atoms with E-state index in [4.69, 9.17) is 18.6 Å². The van der Waals surface area contributed by atoms with Gasteiger partial charge in [0, 0.05) is 11.6 Å². The van der Waals surface area contributed by atoms with Gasteiger partial charge in [-0.25, -0.2) is 0 Å². The Morgan fingerprint density at radius 1 is 0.886 bits per heavy atom. The van der Waals surface area contributed by atoms with Crippen LogP contribution in [-0.2, 0) is 4.74 Å². The average molecular weight is 494 g/mol. The molecular weight excluding hydrogens is 472 g/mol. The Labute approximate surface area is 195 Å². The molecule has 0 amide bonds. The van der Waals surface area contributed by atoms with Crippen LogP contribution >= 0.6 is 0 Å². The van der Waals surface area contributed by atoms with Gasteiger partial charge >= 0.3 is 0 Å². The van der Waals surface area contributed by atoms with E-state index in [1.165, 1.54) is 13.2 Å². The molecule has 188 valence electrons. The first-order valence-electron chi connectivity index (χ1n) is 10.2. The fourth-order valence-corrected chi connectivity index (χ4v) is 3.74. The molecule has 13 nitrogen and oxygen atoms in total. The summed E-state index contributed by atoms with van der Waals surface area (Å²) in [4.78, 5) is 13.5. The number of aliphatic hydroxyl groups is 4. The zero-order valence-corrected chi connectivity index (χ0v) is 18.0. The van der Waals surface area contributed by atoms with Crippen molar-refractivity contribution in [2.75, 3.05) is 13.7 Å². The lowest BCUT2D eigenvalue weighted by atomic mass is 9.99. The van der Waals surface area contributed by atoms with E-state index in [1.54, 1.807) is 0 Å². The number of aliphatic hydroxyl groups excluding tert-OH is 4. The standard InChI is InChI=1S/C22H22O13/c1-32-19-11(27)5-10(26)13-15(29)21(35-22-17(31)16(30)14(28)12(6-23)33-22)18(34-20(13)19)7-2-3-8(24)9(25)4-7/h2-5,12,14,16-17,22-28,30-31H,6H2,1H3/t12-,14+,16-,17-,22+/m1/s1. The van der Waals surface area contributed by atoms with Gasteiger partial charge in [0.25, 0.3) is 0 Å². The molecule has 1 aromatic heterocycles. The first-order chi connectivity index (χ1) is 16.6. The summed E-state index contributed by atoms with van der Waals surface area (Å²) in [5, 5.41) is 79.4. The summed E-state index contributed by atoms with van der Waals surface area (Å²) in [7, 11) is 1.18. The average Bonchev–Trinajstić information content (AvgIpc) is 2.82. The van der Waals surface area contributed by atoms with Gasteiger partial charge in [-0.1, -0.05) is 0 Å². The molecule has 1 saturated heterocycles. The quantitative estimate of drug-likeness (QED) is 0.209. The Kier molecular flexibility index (Phi) is 6.36. The summed E-state index contributed by atoms with van der Waals surface area (Å²) in [5.74, 6) is -3.71. The van der Waals surface area contributed by atoms with E-state index in [9.17, 15) is 45.6 Å². The van der Waals surface area contributed by atoms with Gasteiger partial charge < -0.3 is 59.5 Å². The third-order valence-electron chi connectivity index (χ3n) is 5.56. The zero-order valence-electron chi connectivity index (χ0n) is 18.0. The highest BCUT2D eigenvalue weighted by molar-refractivity contribution is 5.93. The van der Waals surface area contributed by atoms with Crippen LogP contribution < -0.4 is 14.9 Å². The van der Waals surface area contributed by atoms with E-state index in [2.05, 4.69) is 0 Å². The number of phenols is 4. The number of rotatable bonds is 5. The Morgan fingerprint density at radius 3 is 2.23 bits per heavy atom. The van der Waals surface area contributed by atoms with Crippen LogP contribution in [0.25, 0.3) is 22.3 Å². The van der Waals surface area contributed by atoms with E-state index in [1.807, 2.05) is 0 Å². The zero-order chi connectivity index (χ0) is 25.6. The van der Waals surface area contributed by atoms with Gasteiger partial charge in [0.05, 0.1) is 13.7 Å². The van der Waals surface area contributed by atoms with Crippen molar-refractivity contribution < 1.29 is 59.5 Å². The molecule has 2 heterocycles. The second-order valence-corrected chi connectivity index (χ2v) is 7.76. The van der Waals surface area contributed by atoms with Crippen LogP contribution in [0.5, 0.6) is 34.5 Å². The maximum absolute atomic E-state index is 13.5. The molecule has 0 spiro atoms. The molecule has 0 aliphatic carbocycles. The highest BCUT2D eigenvalue weighted by atomic mass is 16.7. The molecule has 0 unspecified atom stereocenters. The number of phenolic OH excluding ortho intramolecular Hbond substituents is 4. The molecule has 0 radical (unpaired) electrons. The number of hydrogen-bond acceptors (Lipinski definition) is 13. The predicted molar refractivity (Wildman–Crippen MR) is 116 cm³/mol. The van der Waals surface area contributed by atoms with Crippen LogP contribution in [0.1, 0.15) is 0 Å². The largest absolute Gasteiger partial charge is 0.507 e. The first-order valence-corrected chi connectivity index (χ1v) is 10.2. The smallest absolute Gasteiger partial charge is 0.239 e. The summed E-state index contributed by atoms with van der Waals surface area (Å²) in [6, 6.07) is 4.19. The maximum Gasteiger partial charge on any atom is 0.239 e. The normalized spacial score (nSPS) is 24.4. The second kappa shape index (κ2) is 9.13. The predicted octanol–water partition coefficient (Wildman–Crippen LogP) is -0.530. The summed E-state index contributed by atoms with van der Waals surface area (Å²) in [6.45, 7) is -0.757. The van der Waals surface area contributed by atoms with Crippen molar-refractivity contribution in [1.29, 1.82) is 0 Å². The second-order valence-electron chi connectivity index (χ2n) is 7.76. The van der Waals surface area contributed by atoms with Crippen LogP contribution in [0.15, 0.2) is 33.5 Å². The van der Waals surface area contributed by atoms with Crippen molar-refractivity contribution >= 4 is 11.0 Å². The highest BCUT2D eigenvalue weighted by Crippen LogP contribution is 2.44. The summed E-state index contributed by atoms with van der Waals surface area (Å²) in [6.07, 6.45) is -8.53. The lowest BCUT2D eigenvalue weighted by Crippen LogP contribution is -2.60. The molecule has 2 aromatic carbocycles. The van der Waals surface area contributed by atoms with E-state index in [-0.39, 0.29) is 11.3 Å². The topological polar surface area (TPSA) is 220 Å². The number of fused-ring (bicyclic) bond motifs is 1. The van der Waals surface area contributed by atoms with Gasteiger partial charge in [-0.3, -0.25) is 4.79 Å². The molecule has 0 saturated carbocycles. The maximum atomic E-state index is 13.5. The van der Waals surface area contributed by atoms with Crippen LogP contribution in [0, 0.1) is 0 Å². The Hall–Kier alpha value is -3.75. The molecule has 13 heteroatoms. The number of ether oxygens (including phenoxy) is 3. The van der Waals surface area contributed by atoms with Gasteiger partial charge in [-0.2, -0.15) is 0 Å². The van der Waals surface area contributed by atoms with Gasteiger partial charge in [-0.15, -0.1) is 0 Å². The minimum absolute atomic E-state index is 0.0243. The van der Waals surface area contributed by atoms with Crippen molar-refractivity contribution in [3.05, 3.63) is 34.5 Å². The molecule has 1 aliphatic rings. The van der Waals surface area contributed by atoms with E-state index in [0.717, 1.165) is 18.2 Å². The summed E-state index contributed by atoms with van der Waals surface area (Å²) >= 11 is 0. The third kappa shape index (κ3) is 4.05. The number of aromatic hydroxyl groups is 4. The Morgan fingerprint density at radius 2 is 1.60 bits per heavy atom. The van der Waals surface area contributed by atoms with Crippen molar-refractivity contribution in [2.45, 2.75) is 30.7 Å². The van der Waals surface area contributed by atoms with Crippen LogP contribution in [0.4, 0.5) is 0 Å². The lowest BCUT2D eigenvalue weighted by Gasteiger charge is -2.39. The van der Waals surface area contributed by atoms with E-state index < -0.39 is 88.2 Å². The van der Waals surface area contributed by atoms with Crippen LogP contribution in [0.3, 0.4) is 0 Å².